The first kappa shape index (κ1) is 24.8. The number of halogens is 2. The van der Waals surface area contributed by atoms with Gasteiger partial charge in [0, 0.05) is 33.0 Å². The first-order valence-electron chi connectivity index (χ1n) is 9.45. The molecule has 2 rings (SSSR count). The molecule has 168 valence electrons. The van der Waals surface area contributed by atoms with E-state index in [0.29, 0.717) is 13.0 Å². The van der Waals surface area contributed by atoms with Gasteiger partial charge in [-0.3, -0.25) is 4.57 Å². The van der Waals surface area contributed by atoms with Crippen LogP contribution in [0, 0.1) is 0 Å². The van der Waals surface area contributed by atoms with E-state index in [1.807, 2.05) is 30.3 Å². The van der Waals surface area contributed by atoms with Gasteiger partial charge in [0.05, 0.1) is 12.1 Å². The average Bonchev–Trinajstić information content (AvgIpc) is 2.93. The summed E-state index contributed by atoms with van der Waals surface area (Å²) < 4.78 is 38.4. The molecule has 7 nitrogen and oxygen atoms in total. The summed E-state index contributed by atoms with van der Waals surface area (Å²) in [6.45, 7) is 0.468. The van der Waals surface area contributed by atoms with Gasteiger partial charge in [0.25, 0.3) is 5.25 Å². The highest BCUT2D eigenvalue weighted by atomic mass is 32.2. The van der Waals surface area contributed by atoms with Gasteiger partial charge in [0.1, 0.15) is 5.49 Å². The van der Waals surface area contributed by atoms with Crippen LogP contribution >= 0.6 is 19.4 Å². The van der Waals surface area contributed by atoms with Crippen LogP contribution in [0.25, 0.3) is 0 Å². The summed E-state index contributed by atoms with van der Waals surface area (Å²) in [5.41, 5.74) is 0.0249. The number of rotatable bonds is 11. The van der Waals surface area contributed by atoms with Crippen LogP contribution < -0.4 is 0 Å². The van der Waals surface area contributed by atoms with Gasteiger partial charge in [0.15, 0.2) is 0 Å². The van der Waals surface area contributed by atoms with E-state index in [0.717, 1.165) is 5.56 Å². The Morgan fingerprint density at radius 1 is 1.33 bits per heavy atom. The maximum Gasteiger partial charge on any atom is 0.335 e. The molecule has 0 aromatic heterocycles. The lowest BCUT2D eigenvalue weighted by molar-refractivity contribution is 0.0894. The number of aliphatic hydroxyl groups excluding tert-OH is 1. The summed E-state index contributed by atoms with van der Waals surface area (Å²) in [6, 6.07) is 8.83. The zero-order chi connectivity index (χ0) is 22.4. The molecule has 1 aliphatic heterocycles. The maximum atomic E-state index is 13.8. The van der Waals surface area contributed by atoms with Gasteiger partial charge in [-0.1, -0.05) is 54.2 Å². The van der Waals surface area contributed by atoms with Crippen LogP contribution in [0.5, 0.6) is 0 Å². The molecule has 1 fully saturated rings. The van der Waals surface area contributed by atoms with Crippen LogP contribution in [0.3, 0.4) is 0 Å². The molecule has 1 aromatic carbocycles. The number of urea groups is 1. The molecule has 1 heterocycles. The monoisotopic (exact) mass is 464 g/mol. The Morgan fingerprint density at radius 2 is 2.00 bits per heavy atom. The van der Waals surface area contributed by atoms with Crippen molar-refractivity contribution in [3.63, 3.8) is 0 Å². The lowest BCUT2D eigenvalue weighted by Crippen LogP contribution is -2.35. The summed E-state index contributed by atoms with van der Waals surface area (Å²) in [6.07, 6.45) is 2.41. The summed E-state index contributed by atoms with van der Waals surface area (Å²) in [7, 11) is -2.89. The normalized spacial score (nSPS) is 19.1. The first-order chi connectivity index (χ1) is 14.0. The van der Waals surface area contributed by atoms with Crippen molar-refractivity contribution >= 4 is 25.4 Å². The van der Waals surface area contributed by atoms with Crippen LogP contribution in [0.2, 0.25) is 0 Å². The third-order valence-corrected chi connectivity index (χ3v) is 7.08. The molecule has 11 heteroatoms. The smallest absolute Gasteiger partial charge is 0.335 e. The predicted molar refractivity (Wildman–Crippen MR) is 112 cm³/mol. The number of hydrogen-bond acceptors (Lipinski definition) is 4. The molecule has 0 bridgehead atoms. The first-order valence-corrected chi connectivity index (χ1v) is 12.2. The zero-order valence-electron chi connectivity index (χ0n) is 16.6. The van der Waals surface area contributed by atoms with E-state index in [4.69, 9.17) is 9.79 Å². The van der Waals surface area contributed by atoms with Gasteiger partial charge in [-0.05, 0) is 12.0 Å². The summed E-state index contributed by atoms with van der Waals surface area (Å²) in [4.78, 5) is 32.8. The minimum atomic E-state index is -4.51. The van der Waals surface area contributed by atoms with E-state index in [1.165, 1.54) is 9.80 Å². The fraction of sp³-hybridized carbons (Fsp3) is 0.526. The van der Waals surface area contributed by atoms with Crippen LogP contribution in [0.1, 0.15) is 18.4 Å². The molecule has 0 spiro atoms. The molecule has 1 unspecified atom stereocenters. The third-order valence-electron chi connectivity index (χ3n) is 4.59. The molecule has 1 aromatic rings. The number of thioether (sulfide) groups is 1. The highest BCUT2D eigenvalue weighted by Gasteiger charge is 2.36. The Hall–Kier alpha value is -1.45. The molecule has 0 radical (unpaired) electrons. The van der Waals surface area contributed by atoms with E-state index in [-0.39, 0.29) is 36.8 Å². The third kappa shape index (κ3) is 8.35. The Bertz CT molecular complexity index is 777. The number of nitrogens with zero attached hydrogens (tertiary/aromatic N) is 2. The molecule has 0 saturated carbocycles. The van der Waals surface area contributed by atoms with Gasteiger partial charge in [-0.15, -0.1) is 0 Å². The van der Waals surface area contributed by atoms with Crippen LogP contribution in [0.15, 0.2) is 42.5 Å². The van der Waals surface area contributed by atoms with Crippen molar-refractivity contribution in [2.24, 2.45) is 0 Å². The Balaban J connectivity index is 1.88. The van der Waals surface area contributed by atoms with Crippen LogP contribution in [-0.4, -0.2) is 73.8 Å². The Kier molecular flexibility index (Phi) is 8.87. The largest absolute Gasteiger partial charge is 0.389 e. The minimum absolute atomic E-state index is 0.0162. The molecule has 2 amide bonds. The number of likely N-dealkylation sites (N-methyl/N-ethyl adjacent to an activating group) is 1. The summed E-state index contributed by atoms with van der Waals surface area (Å²) in [5.74, 6) is 0. The Morgan fingerprint density at radius 3 is 2.63 bits per heavy atom. The zero-order valence-corrected chi connectivity index (χ0v) is 18.3. The van der Waals surface area contributed by atoms with E-state index in [1.54, 1.807) is 19.2 Å². The van der Waals surface area contributed by atoms with Crippen LogP contribution in [0.4, 0.5) is 13.6 Å². The molecule has 0 aliphatic carbocycles. The molecule has 1 saturated heterocycles. The van der Waals surface area contributed by atoms with Gasteiger partial charge in [-0.2, -0.15) is 8.78 Å². The second kappa shape index (κ2) is 10.7. The minimum Gasteiger partial charge on any atom is -0.389 e. The van der Waals surface area contributed by atoms with E-state index in [2.05, 4.69) is 0 Å². The summed E-state index contributed by atoms with van der Waals surface area (Å²) >= 11 is -0.0720. The molecule has 30 heavy (non-hydrogen) atoms. The number of amides is 2. The second-order valence-electron chi connectivity index (χ2n) is 7.24. The van der Waals surface area contributed by atoms with Crippen molar-refractivity contribution < 1.29 is 33.0 Å². The molecule has 1 aliphatic rings. The number of benzene rings is 1. The van der Waals surface area contributed by atoms with Crippen molar-refractivity contribution in [1.29, 1.82) is 0 Å². The van der Waals surface area contributed by atoms with Crippen molar-refractivity contribution in [1.82, 2.24) is 9.80 Å². The van der Waals surface area contributed by atoms with E-state index < -0.39 is 30.9 Å². The lowest BCUT2D eigenvalue weighted by atomic mass is 10.1. The molecule has 3 N–H and O–H groups in total. The summed E-state index contributed by atoms with van der Waals surface area (Å²) in [5, 5.41) is 6.93. The van der Waals surface area contributed by atoms with Gasteiger partial charge >= 0.3 is 13.6 Å². The van der Waals surface area contributed by atoms with Crippen molar-refractivity contribution in [3.05, 3.63) is 48.0 Å². The number of hydrogen-bond donors (Lipinski definition) is 3. The van der Waals surface area contributed by atoms with Crippen molar-refractivity contribution in [2.45, 2.75) is 36.7 Å². The molecular weight excluding hydrogens is 437 g/mol. The highest BCUT2D eigenvalue weighted by Crippen LogP contribution is 2.45. The SMILES string of the molecule is CN1C[C@H](/C=C/C(O)Cc2ccccc2)N(CCCC(F)(F)SCP(=O)(O)O)C1=O. The quantitative estimate of drug-likeness (QED) is 0.344. The fourth-order valence-corrected chi connectivity index (χ4v) is 4.85. The van der Waals surface area contributed by atoms with E-state index in [9.17, 15) is 23.2 Å². The van der Waals surface area contributed by atoms with Crippen molar-refractivity contribution in [2.75, 3.05) is 25.6 Å². The predicted octanol–water partition coefficient (Wildman–Crippen LogP) is 3.12. The highest BCUT2D eigenvalue weighted by molar-refractivity contribution is 8.05. The van der Waals surface area contributed by atoms with E-state index >= 15 is 0 Å². The maximum absolute atomic E-state index is 13.8. The topological polar surface area (TPSA) is 101 Å². The second-order valence-corrected chi connectivity index (χ2v) is 10.5. The Labute approximate surface area is 178 Å². The van der Waals surface area contributed by atoms with Gasteiger partial charge in [0.2, 0.25) is 0 Å². The fourth-order valence-electron chi connectivity index (χ4n) is 3.13. The average molecular weight is 464 g/mol. The van der Waals surface area contributed by atoms with Crippen LogP contribution in [-0.2, 0) is 11.0 Å². The van der Waals surface area contributed by atoms with Crippen molar-refractivity contribution in [3.8, 4) is 0 Å². The number of alkyl halides is 2. The lowest BCUT2D eigenvalue weighted by Gasteiger charge is -2.23. The number of carbonyl (C=O) groups is 1. The van der Waals surface area contributed by atoms with Gasteiger partial charge in [-0.25, -0.2) is 4.79 Å². The number of aliphatic hydroxyl groups is 1. The molecular formula is C19H27F2N2O5PS. The number of carbonyl (C=O) groups excluding carboxylic acids is 1. The molecule has 2 atom stereocenters. The van der Waals surface area contributed by atoms with Gasteiger partial charge < -0.3 is 24.7 Å². The standard InChI is InChI=1S/C19H27F2N2O5PS/c1-22-13-16(8-9-17(24)12-15-6-3-2-4-7-15)23(18(22)25)11-5-10-19(20,21)30-14-29(26,27)28/h2-4,6-9,16-17,24H,5,10-14H2,1H3,(H2,26,27,28)/b9-8+/t16-,17?/m0/s1.